The second-order valence-electron chi connectivity index (χ2n) is 5.82. The average molecular weight is 355 g/mol. The topological polar surface area (TPSA) is 59.8 Å². The average Bonchev–Trinajstić information content (AvgIpc) is 3.05. The molecular weight excluding hydrogens is 336 g/mol. The van der Waals surface area contributed by atoms with Crippen molar-refractivity contribution in [3.63, 3.8) is 0 Å². The Labute approximate surface area is 151 Å². The number of halogens is 1. The van der Waals surface area contributed by atoms with Gasteiger partial charge in [-0.25, -0.2) is 0 Å². The Morgan fingerprint density at radius 3 is 2.92 bits per heavy atom. The second kappa shape index (κ2) is 7.94. The van der Waals surface area contributed by atoms with E-state index in [1.165, 1.54) is 0 Å². The summed E-state index contributed by atoms with van der Waals surface area (Å²) in [6.07, 6.45) is 6.50. The first-order valence-corrected chi connectivity index (χ1v) is 8.43. The molecule has 0 aliphatic rings. The van der Waals surface area contributed by atoms with Crippen molar-refractivity contribution in [1.29, 1.82) is 0 Å². The SMILES string of the molecule is Cn1cc(-c2ncccc2CNC(=O)CCc2cccc(Cl)c2)cn1. The number of nitrogens with one attached hydrogen (secondary N) is 1. The Bertz CT molecular complexity index is 875. The van der Waals surface area contributed by atoms with Crippen LogP contribution in [0, 0.1) is 0 Å². The van der Waals surface area contributed by atoms with E-state index in [0.29, 0.717) is 24.4 Å². The molecule has 128 valence electrons. The fourth-order valence-electron chi connectivity index (χ4n) is 2.62. The lowest BCUT2D eigenvalue weighted by Crippen LogP contribution is -2.23. The maximum atomic E-state index is 12.1. The number of pyridine rings is 1. The van der Waals surface area contributed by atoms with Gasteiger partial charge < -0.3 is 5.32 Å². The molecule has 0 saturated carbocycles. The zero-order valence-electron chi connectivity index (χ0n) is 13.9. The molecule has 0 bridgehead atoms. The zero-order chi connectivity index (χ0) is 17.6. The molecule has 0 aliphatic heterocycles. The van der Waals surface area contributed by atoms with E-state index in [1.54, 1.807) is 17.1 Å². The monoisotopic (exact) mass is 354 g/mol. The molecule has 1 aromatic carbocycles. The Balaban J connectivity index is 1.59. The van der Waals surface area contributed by atoms with E-state index in [4.69, 9.17) is 11.6 Å². The van der Waals surface area contributed by atoms with Crippen LogP contribution >= 0.6 is 11.6 Å². The van der Waals surface area contributed by atoms with Crippen LogP contribution < -0.4 is 5.32 Å². The smallest absolute Gasteiger partial charge is 0.220 e. The molecule has 2 aromatic heterocycles. The van der Waals surface area contributed by atoms with Crippen LogP contribution in [0.25, 0.3) is 11.3 Å². The van der Waals surface area contributed by atoms with Crippen LogP contribution in [0.1, 0.15) is 17.5 Å². The van der Waals surface area contributed by atoms with Gasteiger partial charge in [-0.2, -0.15) is 5.10 Å². The van der Waals surface area contributed by atoms with Crippen LogP contribution in [-0.4, -0.2) is 20.7 Å². The van der Waals surface area contributed by atoms with Crippen molar-refractivity contribution >= 4 is 17.5 Å². The first kappa shape index (κ1) is 17.2. The molecule has 1 amide bonds. The number of rotatable bonds is 6. The summed E-state index contributed by atoms with van der Waals surface area (Å²) in [5.74, 6) is 0.000894. The third-order valence-electron chi connectivity index (χ3n) is 3.88. The van der Waals surface area contributed by atoms with Crippen molar-refractivity contribution in [3.05, 3.63) is 71.1 Å². The zero-order valence-corrected chi connectivity index (χ0v) is 14.7. The van der Waals surface area contributed by atoms with Crippen LogP contribution in [0.4, 0.5) is 0 Å². The molecule has 1 N–H and O–H groups in total. The molecule has 0 fully saturated rings. The highest BCUT2D eigenvalue weighted by Crippen LogP contribution is 2.20. The molecule has 0 aliphatic carbocycles. The summed E-state index contributed by atoms with van der Waals surface area (Å²) in [6.45, 7) is 0.437. The molecule has 3 aromatic rings. The molecule has 0 atom stereocenters. The summed E-state index contributed by atoms with van der Waals surface area (Å²) < 4.78 is 1.73. The first-order chi connectivity index (χ1) is 12.1. The van der Waals surface area contributed by atoms with Crippen molar-refractivity contribution < 1.29 is 4.79 Å². The lowest BCUT2D eigenvalue weighted by molar-refractivity contribution is -0.121. The molecule has 0 saturated heterocycles. The number of hydrogen-bond acceptors (Lipinski definition) is 3. The summed E-state index contributed by atoms with van der Waals surface area (Å²) in [6, 6.07) is 11.4. The van der Waals surface area contributed by atoms with Gasteiger partial charge in [0.25, 0.3) is 0 Å². The minimum Gasteiger partial charge on any atom is -0.352 e. The number of benzene rings is 1. The van der Waals surface area contributed by atoms with Crippen molar-refractivity contribution in [2.24, 2.45) is 7.05 Å². The summed E-state index contributed by atoms with van der Waals surface area (Å²) >= 11 is 5.96. The van der Waals surface area contributed by atoms with E-state index in [-0.39, 0.29) is 5.91 Å². The summed E-state index contributed by atoms with van der Waals surface area (Å²) in [4.78, 5) is 16.6. The maximum Gasteiger partial charge on any atom is 0.220 e. The number of amides is 1. The molecule has 0 spiro atoms. The van der Waals surface area contributed by atoms with E-state index in [1.807, 2.05) is 49.6 Å². The number of carbonyl (C=O) groups is 1. The molecule has 5 nitrogen and oxygen atoms in total. The van der Waals surface area contributed by atoms with Gasteiger partial charge in [0.05, 0.1) is 11.9 Å². The highest BCUT2D eigenvalue weighted by Gasteiger charge is 2.09. The van der Waals surface area contributed by atoms with Gasteiger partial charge in [0, 0.05) is 43.0 Å². The number of nitrogens with zero attached hydrogens (tertiary/aromatic N) is 3. The molecule has 25 heavy (non-hydrogen) atoms. The molecule has 0 unspecified atom stereocenters. The molecule has 6 heteroatoms. The van der Waals surface area contributed by atoms with Gasteiger partial charge in [0.2, 0.25) is 5.91 Å². The van der Waals surface area contributed by atoms with Crippen LogP contribution in [-0.2, 0) is 24.8 Å². The lowest BCUT2D eigenvalue weighted by atomic mass is 10.1. The highest BCUT2D eigenvalue weighted by molar-refractivity contribution is 6.30. The molecule has 2 heterocycles. The molecule has 3 rings (SSSR count). The largest absolute Gasteiger partial charge is 0.352 e. The minimum atomic E-state index is 0.000894. The predicted molar refractivity (Wildman–Crippen MR) is 98.1 cm³/mol. The van der Waals surface area contributed by atoms with Crippen LogP contribution in [0.15, 0.2) is 55.0 Å². The standard InChI is InChI=1S/C19H19ClN4O/c1-24-13-16(12-23-24)19-15(5-3-9-21-19)11-22-18(25)8-7-14-4-2-6-17(20)10-14/h2-6,9-10,12-13H,7-8,11H2,1H3,(H,22,25). The Kier molecular flexibility index (Phi) is 5.46. The summed E-state index contributed by atoms with van der Waals surface area (Å²) in [5, 5.41) is 7.83. The van der Waals surface area contributed by atoms with Gasteiger partial charge in [0.1, 0.15) is 0 Å². The van der Waals surface area contributed by atoms with E-state index in [2.05, 4.69) is 15.4 Å². The van der Waals surface area contributed by atoms with Crippen molar-refractivity contribution in [2.45, 2.75) is 19.4 Å². The second-order valence-corrected chi connectivity index (χ2v) is 6.26. The number of aromatic nitrogens is 3. The molecular formula is C19H19ClN4O. The third kappa shape index (κ3) is 4.67. The van der Waals surface area contributed by atoms with E-state index >= 15 is 0 Å². The van der Waals surface area contributed by atoms with Crippen molar-refractivity contribution in [1.82, 2.24) is 20.1 Å². The number of carbonyl (C=O) groups excluding carboxylic acids is 1. The Morgan fingerprint density at radius 1 is 1.28 bits per heavy atom. The van der Waals surface area contributed by atoms with Gasteiger partial charge >= 0.3 is 0 Å². The van der Waals surface area contributed by atoms with Crippen LogP contribution in [0.2, 0.25) is 5.02 Å². The third-order valence-corrected chi connectivity index (χ3v) is 4.11. The van der Waals surface area contributed by atoms with Crippen LogP contribution in [0.3, 0.4) is 0 Å². The van der Waals surface area contributed by atoms with Gasteiger partial charge in [-0.1, -0.05) is 29.8 Å². The first-order valence-electron chi connectivity index (χ1n) is 8.06. The highest BCUT2D eigenvalue weighted by atomic mass is 35.5. The quantitative estimate of drug-likeness (QED) is 0.738. The number of hydrogen-bond donors (Lipinski definition) is 1. The Morgan fingerprint density at radius 2 is 2.16 bits per heavy atom. The summed E-state index contributed by atoms with van der Waals surface area (Å²) in [7, 11) is 1.86. The summed E-state index contributed by atoms with van der Waals surface area (Å²) in [5.41, 5.74) is 3.80. The van der Waals surface area contributed by atoms with E-state index < -0.39 is 0 Å². The van der Waals surface area contributed by atoms with Gasteiger partial charge in [-0.3, -0.25) is 14.5 Å². The fraction of sp³-hybridized carbons (Fsp3) is 0.211. The maximum absolute atomic E-state index is 12.1. The molecule has 0 radical (unpaired) electrons. The van der Waals surface area contributed by atoms with Gasteiger partial charge in [0.15, 0.2) is 0 Å². The van der Waals surface area contributed by atoms with Crippen molar-refractivity contribution in [2.75, 3.05) is 0 Å². The minimum absolute atomic E-state index is 0.000894. The van der Waals surface area contributed by atoms with Crippen molar-refractivity contribution in [3.8, 4) is 11.3 Å². The van der Waals surface area contributed by atoms with E-state index in [9.17, 15) is 4.79 Å². The van der Waals surface area contributed by atoms with Gasteiger partial charge in [-0.05, 0) is 35.7 Å². The van der Waals surface area contributed by atoms with Gasteiger partial charge in [-0.15, -0.1) is 0 Å². The fourth-order valence-corrected chi connectivity index (χ4v) is 2.83. The van der Waals surface area contributed by atoms with E-state index in [0.717, 1.165) is 22.4 Å². The predicted octanol–water partition coefficient (Wildman–Crippen LogP) is 3.38. The van der Waals surface area contributed by atoms with Crippen LogP contribution in [0.5, 0.6) is 0 Å². The lowest BCUT2D eigenvalue weighted by Gasteiger charge is -2.09. The Hall–Kier alpha value is -2.66. The normalized spacial score (nSPS) is 10.6. The number of aryl methyl sites for hydroxylation is 2.